The van der Waals surface area contributed by atoms with Crippen LogP contribution in [-0.2, 0) is 38.4 Å². The van der Waals surface area contributed by atoms with Gasteiger partial charge in [-0.2, -0.15) is 0 Å². The number of carbonyl (C=O) groups excluding carboxylic acids is 7. The smallest absolute Gasteiger partial charge is 0.326 e. The fourth-order valence-electron chi connectivity index (χ4n) is 5.22. The molecule has 0 aromatic carbocycles. The van der Waals surface area contributed by atoms with Crippen molar-refractivity contribution in [3.63, 3.8) is 0 Å². The highest BCUT2D eigenvalue weighted by Gasteiger charge is 2.34. The molecule has 0 spiro atoms. The summed E-state index contributed by atoms with van der Waals surface area (Å²) in [4.78, 5) is 102. The topological polar surface area (TPSA) is 374 Å². The summed E-state index contributed by atoms with van der Waals surface area (Å²) in [6.45, 7) is 5.64. The van der Waals surface area contributed by atoms with E-state index in [1.165, 1.54) is 0 Å². The lowest BCUT2D eigenvalue weighted by Gasteiger charge is -2.28. The number of hydrogen-bond donors (Lipinski definition) is 13. The Balaban J connectivity index is 6.05. The summed E-state index contributed by atoms with van der Waals surface area (Å²) in [6.07, 6.45) is 1.36. The number of nitrogens with two attached hydrogens (primary N) is 4. The number of carboxylic acid groups (broad SMARTS) is 1. The van der Waals surface area contributed by atoms with Crippen molar-refractivity contribution in [1.29, 1.82) is 0 Å². The molecule has 316 valence electrons. The molecule has 0 saturated heterocycles. The largest absolute Gasteiger partial charge is 0.480 e. The molecule has 0 aliphatic rings. The monoisotopic (exact) mass is 788 g/mol. The number of unbranched alkanes of at least 4 members (excludes halogenated alkanes) is 2. The molecule has 0 unspecified atom stereocenters. The Morgan fingerprint density at radius 2 is 0.945 bits per heavy atom. The highest BCUT2D eigenvalue weighted by atomic mass is 16.4. The van der Waals surface area contributed by atoms with Gasteiger partial charge in [0.1, 0.15) is 36.3 Å². The molecular weight excluding hydrogens is 724 g/mol. The van der Waals surface area contributed by atoms with E-state index in [4.69, 9.17) is 22.9 Å². The lowest BCUT2D eigenvalue weighted by molar-refractivity contribution is -0.143. The van der Waals surface area contributed by atoms with Gasteiger partial charge >= 0.3 is 5.97 Å². The number of aliphatic hydroxyl groups excluding tert-OH is 2. The van der Waals surface area contributed by atoms with Crippen molar-refractivity contribution in [2.45, 2.75) is 128 Å². The fourth-order valence-corrected chi connectivity index (χ4v) is 5.22. The number of aliphatic carboxylic acids is 1. The lowest BCUT2D eigenvalue weighted by atomic mass is 10.0. The normalized spacial score (nSPS) is 15.0. The highest BCUT2D eigenvalue weighted by Crippen LogP contribution is 2.09. The second-order valence-corrected chi connectivity index (χ2v) is 14.0. The maximum absolute atomic E-state index is 13.5. The number of nitrogens with one attached hydrogen (secondary N) is 6. The highest BCUT2D eigenvalue weighted by molar-refractivity contribution is 5.97. The molecule has 17 N–H and O–H groups in total. The van der Waals surface area contributed by atoms with Gasteiger partial charge in [0, 0.05) is 6.42 Å². The van der Waals surface area contributed by atoms with Gasteiger partial charge in [0.25, 0.3) is 0 Å². The van der Waals surface area contributed by atoms with E-state index in [2.05, 4.69) is 31.9 Å². The van der Waals surface area contributed by atoms with E-state index >= 15 is 0 Å². The molecule has 0 aromatic heterocycles. The third-order valence-electron chi connectivity index (χ3n) is 8.39. The van der Waals surface area contributed by atoms with Crippen LogP contribution in [-0.4, -0.2) is 131 Å². The molecule has 0 fully saturated rings. The molecule has 55 heavy (non-hydrogen) atoms. The van der Waals surface area contributed by atoms with Crippen LogP contribution in [0, 0.1) is 11.8 Å². The molecule has 0 heterocycles. The quantitative estimate of drug-likeness (QED) is 0.0318. The third kappa shape index (κ3) is 20.2. The van der Waals surface area contributed by atoms with Gasteiger partial charge in [0.05, 0.1) is 19.3 Å². The Hall–Kier alpha value is -4.44. The van der Waals surface area contributed by atoms with Gasteiger partial charge in [-0.25, -0.2) is 4.79 Å². The van der Waals surface area contributed by atoms with E-state index in [1.54, 1.807) is 13.8 Å². The van der Waals surface area contributed by atoms with Gasteiger partial charge < -0.3 is 70.2 Å². The average molecular weight is 789 g/mol. The van der Waals surface area contributed by atoms with Crippen LogP contribution in [0.5, 0.6) is 0 Å². The SMILES string of the molecule is CC(C)C[C@H](N)C(=O)N[C@@H](CO)C(=O)N[C@@H](CCC(N)=O)C(=O)N[C@@H](CCCCN)C(=O)N[C@@H](CO)C(=O)N[C@H](C(=O)N[C@@H](CCCCN)C(=O)O)C(C)C. The second kappa shape index (κ2) is 27.2. The molecule has 0 rings (SSSR count). The molecule has 21 heteroatoms. The molecule has 0 aliphatic carbocycles. The fraction of sp³-hybridized carbons (Fsp3) is 0.765. The number of primary amides is 1. The summed E-state index contributed by atoms with van der Waals surface area (Å²) in [5.41, 5.74) is 22.2. The van der Waals surface area contributed by atoms with E-state index in [1.807, 2.05) is 13.8 Å². The second-order valence-electron chi connectivity index (χ2n) is 14.0. The molecule has 7 atom stereocenters. The van der Waals surface area contributed by atoms with Crippen LogP contribution in [0.4, 0.5) is 0 Å². The first-order valence-corrected chi connectivity index (χ1v) is 18.5. The van der Waals surface area contributed by atoms with Crippen LogP contribution >= 0.6 is 0 Å². The molecule has 7 amide bonds. The third-order valence-corrected chi connectivity index (χ3v) is 8.39. The first kappa shape index (κ1) is 50.6. The van der Waals surface area contributed by atoms with Gasteiger partial charge in [0.2, 0.25) is 41.4 Å². The maximum atomic E-state index is 13.5. The zero-order chi connectivity index (χ0) is 42.2. The predicted octanol–water partition coefficient (Wildman–Crippen LogP) is -4.48. The molecule has 0 aromatic rings. The van der Waals surface area contributed by atoms with Crippen molar-refractivity contribution in [2.24, 2.45) is 34.8 Å². The number of hydrogen-bond acceptors (Lipinski definition) is 13. The minimum absolute atomic E-state index is 0.0220. The summed E-state index contributed by atoms with van der Waals surface area (Å²) in [6, 6.07) is -9.51. The predicted molar refractivity (Wildman–Crippen MR) is 200 cm³/mol. The Morgan fingerprint density at radius 3 is 1.36 bits per heavy atom. The number of amides is 7. The molecule has 21 nitrogen and oxygen atoms in total. The van der Waals surface area contributed by atoms with Gasteiger partial charge in [-0.05, 0) is 76.3 Å². The summed E-state index contributed by atoms with van der Waals surface area (Å²) in [7, 11) is 0. The van der Waals surface area contributed by atoms with E-state index in [0.29, 0.717) is 38.6 Å². The van der Waals surface area contributed by atoms with Crippen LogP contribution in [0.25, 0.3) is 0 Å². The van der Waals surface area contributed by atoms with Crippen molar-refractivity contribution in [1.82, 2.24) is 31.9 Å². The lowest BCUT2D eigenvalue weighted by Crippen LogP contribution is -2.61. The number of rotatable bonds is 29. The van der Waals surface area contributed by atoms with Crippen molar-refractivity contribution >= 4 is 47.3 Å². The van der Waals surface area contributed by atoms with Crippen molar-refractivity contribution in [3.05, 3.63) is 0 Å². The van der Waals surface area contributed by atoms with Crippen molar-refractivity contribution < 1.29 is 53.7 Å². The zero-order valence-corrected chi connectivity index (χ0v) is 32.3. The van der Waals surface area contributed by atoms with Crippen LogP contribution in [0.3, 0.4) is 0 Å². The minimum atomic E-state index is -1.63. The number of carbonyl (C=O) groups is 8. The summed E-state index contributed by atoms with van der Waals surface area (Å²) < 4.78 is 0. The van der Waals surface area contributed by atoms with Crippen molar-refractivity contribution in [3.8, 4) is 0 Å². The van der Waals surface area contributed by atoms with Gasteiger partial charge in [-0.15, -0.1) is 0 Å². The first-order chi connectivity index (χ1) is 25.8. The Kier molecular flexibility index (Phi) is 25.0. The van der Waals surface area contributed by atoms with Crippen LogP contribution in [0.15, 0.2) is 0 Å². The molecular formula is C34H64N10O11. The molecule has 0 saturated carbocycles. The van der Waals surface area contributed by atoms with Crippen LogP contribution < -0.4 is 54.8 Å². The van der Waals surface area contributed by atoms with Gasteiger partial charge in [-0.3, -0.25) is 33.6 Å². The van der Waals surface area contributed by atoms with E-state index in [-0.39, 0.29) is 38.1 Å². The Bertz CT molecular complexity index is 1270. The standard InChI is InChI=1S/C34H64N10O11/c1-18(2)15-20(37)28(48)42-24(16-45)31(51)40-22(11-12-26(38)47)30(50)39-21(9-5-7-13-35)29(49)43-25(17-46)32(52)44-27(19(3)4)33(53)41-23(34(54)55)10-6-8-14-36/h18-25,27,45-46H,5-17,35-37H2,1-4H3,(H2,38,47)(H,39,50)(H,40,51)(H,41,53)(H,42,48)(H,43,49)(H,44,52)(H,54,55)/t20-,21-,22-,23-,24-,25-,27-/m0/s1. The molecule has 0 bridgehead atoms. The van der Waals surface area contributed by atoms with Gasteiger partial charge in [0.15, 0.2) is 0 Å². The van der Waals surface area contributed by atoms with Crippen LogP contribution in [0.1, 0.15) is 85.5 Å². The van der Waals surface area contributed by atoms with Crippen molar-refractivity contribution in [2.75, 3.05) is 26.3 Å². The van der Waals surface area contributed by atoms with E-state index in [9.17, 15) is 53.7 Å². The van der Waals surface area contributed by atoms with Gasteiger partial charge in [-0.1, -0.05) is 27.7 Å². The Labute approximate surface area is 321 Å². The summed E-state index contributed by atoms with van der Waals surface area (Å²) >= 11 is 0. The summed E-state index contributed by atoms with van der Waals surface area (Å²) in [5.74, 6) is -7.97. The first-order valence-electron chi connectivity index (χ1n) is 18.5. The molecule has 0 radical (unpaired) electrons. The van der Waals surface area contributed by atoms with Crippen LogP contribution in [0.2, 0.25) is 0 Å². The maximum Gasteiger partial charge on any atom is 0.326 e. The average Bonchev–Trinajstić information content (AvgIpc) is 3.11. The number of carboxylic acids is 1. The van der Waals surface area contributed by atoms with E-state index in [0.717, 1.165) is 0 Å². The molecule has 0 aliphatic heterocycles. The zero-order valence-electron chi connectivity index (χ0n) is 32.3. The number of aliphatic hydroxyl groups is 2. The van der Waals surface area contributed by atoms with E-state index < -0.39 is 109 Å². The Morgan fingerprint density at radius 1 is 0.545 bits per heavy atom. The minimum Gasteiger partial charge on any atom is -0.480 e. The summed E-state index contributed by atoms with van der Waals surface area (Å²) in [5, 5.41) is 43.8.